The summed E-state index contributed by atoms with van der Waals surface area (Å²) in [4.78, 5) is 18.5. The van der Waals surface area contributed by atoms with Crippen molar-refractivity contribution in [2.24, 2.45) is 0 Å². The second-order valence-electron chi connectivity index (χ2n) is 7.73. The van der Waals surface area contributed by atoms with Crippen LogP contribution in [-0.4, -0.2) is 10.9 Å². The van der Waals surface area contributed by atoms with Crippen LogP contribution in [0.1, 0.15) is 51.0 Å². The summed E-state index contributed by atoms with van der Waals surface area (Å²) in [5.41, 5.74) is 2.98. The molecule has 4 aromatic rings. The fraction of sp³-hybridized carbons (Fsp3) is 0.200. The first-order valence-electron chi connectivity index (χ1n) is 10.6. The number of thiophene rings is 1. The van der Waals surface area contributed by atoms with E-state index in [9.17, 15) is 9.18 Å². The van der Waals surface area contributed by atoms with Gasteiger partial charge in [-0.2, -0.15) is 0 Å². The van der Waals surface area contributed by atoms with Gasteiger partial charge in [0.15, 0.2) is 5.76 Å². The van der Waals surface area contributed by atoms with Gasteiger partial charge in [0.05, 0.1) is 12.3 Å². The predicted molar refractivity (Wildman–Crippen MR) is 124 cm³/mol. The van der Waals surface area contributed by atoms with Crippen molar-refractivity contribution in [3.63, 3.8) is 0 Å². The Morgan fingerprint density at radius 3 is 2.78 bits per heavy atom. The lowest BCUT2D eigenvalue weighted by molar-refractivity contribution is 0.0997. The molecule has 0 unspecified atom stereocenters. The molecule has 1 aliphatic carbocycles. The molecule has 162 valence electrons. The first-order chi connectivity index (χ1) is 15.7. The van der Waals surface area contributed by atoms with E-state index in [1.165, 1.54) is 28.8 Å². The van der Waals surface area contributed by atoms with Crippen LogP contribution in [0.5, 0.6) is 0 Å². The Bertz CT molecular complexity index is 1220. The van der Waals surface area contributed by atoms with E-state index in [1.807, 2.05) is 24.3 Å². The molecule has 32 heavy (non-hydrogen) atoms. The Hall–Kier alpha value is -3.45. The number of aryl methyl sites for hydroxylation is 1. The lowest BCUT2D eigenvalue weighted by Crippen LogP contribution is -2.19. The molecule has 1 amide bonds. The van der Waals surface area contributed by atoms with Gasteiger partial charge in [-0.3, -0.25) is 4.79 Å². The van der Waals surface area contributed by atoms with Gasteiger partial charge in [-0.1, -0.05) is 18.2 Å². The highest BCUT2D eigenvalue weighted by Crippen LogP contribution is 2.44. The van der Waals surface area contributed by atoms with Crippen LogP contribution in [0.25, 0.3) is 0 Å². The maximum atomic E-state index is 14.2. The smallest absolute Gasteiger partial charge is 0.291 e. The number of carbonyl (C=O) groups is 1. The van der Waals surface area contributed by atoms with Crippen molar-refractivity contribution in [2.75, 3.05) is 10.6 Å². The first kappa shape index (κ1) is 20.5. The zero-order valence-corrected chi connectivity index (χ0v) is 18.1. The molecule has 0 aliphatic heterocycles. The molecule has 0 spiro atoms. The highest BCUT2D eigenvalue weighted by Gasteiger charge is 2.29. The van der Waals surface area contributed by atoms with Crippen molar-refractivity contribution in [1.82, 2.24) is 4.98 Å². The van der Waals surface area contributed by atoms with Crippen molar-refractivity contribution in [2.45, 2.75) is 31.7 Å². The highest BCUT2D eigenvalue weighted by molar-refractivity contribution is 7.16. The van der Waals surface area contributed by atoms with Crippen LogP contribution in [0, 0.1) is 5.82 Å². The van der Waals surface area contributed by atoms with E-state index in [2.05, 4.69) is 15.6 Å². The molecule has 3 heterocycles. The van der Waals surface area contributed by atoms with E-state index in [0.717, 1.165) is 41.8 Å². The summed E-state index contributed by atoms with van der Waals surface area (Å²) < 4.78 is 19.5. The Morgan fingerprint density at radius 2 is 2.00 bits per heavy atom. The van der Waals surface area contributed by atoms with Crippen LogP contribution < -0.4 is 10.6 Å². The fourth-order valence-electron chi connectivity index (χ4n) is 4.17. The van der Waals surface area contributed by atoms with Crippen molar-refractivity contribution < 1.29 is 13.6 Å². The van der Waals surface area contributed by atoms with E-state index < -0.39 is 0 Å². The molecule has 0 saturated carbocycles. The molecule has 2 N–H and O–H groups in total. The molecule has 5 rings (SSSR count). The molecule has 7 heteroatoms. The summed E-state index contributed by atoms with van der Waals surface area (Å²) in [5.74, 6) is 0.328. The molecule has 1 aromatic carbocycles. The predicted octanol–water partition coefficient (Wildman–Crippen LogP) is 6.21. The maximum Gasteiger partial charge on any atom is 0.291 e. The number of furan rings is 1. The molecule has 3 aromatic heterocycles. The summed E-state index contributed by atoms with van der Waals surface area (Å²) in [6.45, 7) is 0. The summed E-state index contributed by atoms with van der Waals surface area (Å²) in [7, 11) is 0. The number of hydrogen-bond acceptors (Lipinski definition) is 5. The first-order valence-corrected chi connectivity index (χ1v) is 11.4. The van der Waals surface area contributed by atoms with Gasteiger partial charge in [-0.25, -0.2) is 9.37 Å². The average Bonchev–Trinajstić information content (AvgIpc) is 3.46. The molecule has 0 radical (unpaired) electrons. The van der Waals surface area contributed by atoms with Crippen LogP contribution in [0.3, 0.4) is 0 Å². The van der Waals surface area contributed by atoms with Gasteiger partial charge in [0.25, 0.3) is 5.91 Å². The van der Waals surface area contributed by atoms with Crippen LogP contribution in [-0.2, 0) is 12.8 Å². The largest absolute Gasteiger partial charge is 0.459 e. The number of benzene rings is 1. The number of nitrogens with one attached hydrogen (secondary N) is 2. The highest BCUT2D eigenvalue weighted by atomic mass is 32.1. The van der Waals surface area contributed by atoms with Crippen molar-refractivity contribution in [1.29, 1.82) is 0 Å². The molecular formula is C25H22FN3O2S. The van der Waals surface area contributed by atoms with Gasteiger partial charge in [-0.05, 0) is 73.2 Å². The van der Waals surface area contributed by atoms with Gasteiger partial charge >= 0.3 is 0 Å². The zero-order chi connectivity index (χ0) is 21.9. The van der Waals surface area contributed by atoms with E-state index >= 15 is 0 Å². The number of rotatable bonds is 6. The number of carbonyl (C=O) groups excluding carboxylic acids is 1. The number of pyridine rings is 1. The van der Waals surface area contributed by atoms with Crippen LogP contribution >= 0.6 is 11.3 Å². The molecule has 1 aliphatic rings. The summed E-state index contributed by atoms with van der Waals surface area (Å²) in [5, 5.41) is 7.29. The standard InChI is InChI=1S/C25H22FN3O2S/c26-17-8-5-7-16(15-17)23(28-21-12-3-4-13-27-21)22-18-9-1-2-11-20(18)32-25(22)29-24(30)19-10-6-14-31-19/h3-8,10,12-15,23H,1-2,9,11H2,(H,27,28)(H,29,30)/t23-/m1/s1. The average molecular weight is 448 g/mol. The minimum absolute atomic E-state index is 0.252. The minimum atomic E-state index is -0.370. The minimum Gasteiger partial charge on any atom is -0.459 e. The molecule has 0 fully saturated rings. The molecule has 0 bridgehead atoms. The van der Waals surface area contributed by atoms with Crippen molar-refractivity contribution in [3.05, 3.63) is 100 Å². The third kappa shape index (κ3) is 4.16. The number of amides is 1. The number of hydrogen-bond donors (Lipinski definition) is 2. The van der Waals surface area contributed by atoms with E-state index in [-0.39, 0.29) is 23.5 Å². The quantitative estimate of drug-likeness (QED) is 0.369. The Labute approximate surface area is 189 Å². The van der Waals surface area contributed by atoms with E-state index in [1.54, 1.807) is 35.7 Å². The maximum absolute atomic E-state index is 14.2. The van der Waals surface area contributed by atoms with Gasteiger partial charge in [-0.15, -0.1) is 11.3 Å². The van der Waals surface area contributed by atoms with Crippen LogP contribution in [0.2, 0.25) is 0 Å². The van der Waals surface area contributed by atoms with Crippen molar-refractivity contribution >= 4 is 28.1 Å². The normalized spacial score (nSPS) is 13.9. The number of anilines is 2. The number of aromatic nitrogens is 1. The second-order valence-corrected chi connectivity index (χ2v) is 8.84. The van der Waals surface area contributed by atoms with Crippen LogP contribution in [0.15, 0.2) is 71.5 Å². The molecular weight excluding hydrogens is 425 g/mol. The Balaban J connectivity index is 1.62. The van der Waals surface area contributed by atoms with E-state index in [0.29, 0.717) is 5.82 Å². The third-order valence-corrected chi connectivity index (χ3v) is 6.84. The summed E-state index contributed by atoms with van der Waals surface area (Å²) in [6, 6.07) is 15.2. The van der Waals surface area contributed by atoms with Gasteiger partial charge in [0.1, 0.15) is 16.6 Å². The lowest BCUT2D eigenvalue weighted by atomic mass is 9.89. The third-order valence-electron chi connectivity index (χ3n) is 5.61. The van der Waals surface area contributed by atoms with E-state index in [4.69, 9.17) is 4.42 Å². The van der Waals surface area contributed by atoms with Gasteiger partial charge in [0.2, 0.25) is 0 Å². The monoisotopic (exact) mass is 447 g/mol. The Kier molecular flexibility index (Phi) is 5.73. The topological polar surface area (TPSA) is 67.2 Å². The second kappa shape index (κ2) is 8.96. The molecule has 5 nitrogen and oxygen atoms in total. The molecule has 1 atom stereocenters. The Morgan fingerprint density at radius 1 is 1.09 bits per heavy atom. The van der Waals surface area contributed by atoms with Crippen molar-refractivity contribution in [3.8, 4) is 0 Å². The summed E-state index contributed by atoms with van der Waals surface area (Å²) >= 11 is 1.60. The van der Waals surface area contributed by atoms with Gasteiger partial charge < -0.3 is 15.1 Å². The number of halogens is 1. The van der Waals surface area contributed by atoms with Crippen LogP contribution in [0.4, 0.5) is 15.2 Å². The summed E-state index contributed by atoms with van der Waals surface area (Å²) in [6.07, 6.45) is 7.30. The lowest BCUT2D eigenvalue weighted by Gasteiger charge is -2.24. The zero-order valence-electron chi connectivity index (χ0n) is 17.3. The fourth-order valence-corrected chi connectivity index (χ4v) is 5.49. The number of nitrogens with zero attached hydrogens (tertiary/aromatic N) is 1. The van der Waals surface area contributed by atoms with Gasteiger partial charge in [0, 0.05) is 16.6 Å². The number of fused-ring (bicyclic) bond motifs is 1. The molecule has 0 saturated heterocycles. The SMILES string of the molecule is O=C(Nc1sc2c(c1[C@H](Nc1ccccn1)c1cccc(F)c1)CCCC2)c1ccco1.